The molecule has 4 heteroatoms. The van der Waals surface area contributed by atoms with Crippen LogP contribution in [0.2, 0.25) is 0 Å². The summed E-state index contributed by atoms with van der Waals surface area (Å²) in [6, 6.07) is 0. The van der Waals surface area contributed by atoms with Crippen LogP contribution in [0.25, 0.3) is 0 Å². The van der Waals surface area contributed by atoms with Crippen molar-refractivity contribution < 1.29 is 4.74 Å². The molecule has 0 aliphatic heterocycles. The van der Waals surface area contributed by atoms with E-state index in [9.17, 15) is 0 Å². The van der Waals surface area contributed by atoms with Crippen LogP contribution >= 0.6 is 0 Å². The number of nitrogens with zero attached hydrogens (tertiary/aromatic N) is 2. The zero-order valence-corrected chi connectivity index (χ0v) is 12.3. The van der Waals surface area contributed by atoms with Gasteiger partial charge in [-0.1, -0.05) is 12.8 Å². The van der Waals surface area contributed by atoms with Gasteiger partial charge in [0.15, 0.2) is 0 Å². The second-order valence-electron chi connectivity index (χ2n) is 5.46. The Bertz CT molecular complexity index is 371. The second-order valence-corrected chi connectivity index (χ2v) is 5.46. The summed E-state index contributed by atoms with van der Waals surface area (Å²) < 4.78 is 7.59. The van der Waals surface area contributed by atoms with Crippen LogP contribution in [0, 0.1) is 12.8 Å². The second kappa shape index (κ2) is 7.53. The standard InChI is InChI=1S/C15H27N3O/c1-3-19-11-5-10-18-12-13(2)17-15(18)16-9-4-6-14-7-8-14/h12,14H,3-11H2,1-2H3,(H,16,17). The van der Waals surface area contributed by atoms with Crippen molar-refractivity contribution in [3.8, 4) is 0 Å². The zero-order valence-electron chi connectivity index (χ0n) is 12.3. The minimum Gasteiger partial charge on any atom is -0.382 e. The van der Waals surface area contributed by atoms with Crippen LogP contribution in [0.1, 0.15) is 44.7 Å². The normalized spacial score (nSPS) is 14.8. The molecule has 1 aliphatic rings. The molecule has 1 aromatic heterocycles. The van der Waals surface area contributed by atoms with Crippen molar-refractivity contribution in [1.82, 2.24) is 9.55 Å². The van der Waals surface area contributed by atoms with Gasteiger partial charge in [0.1, 0.15) is 0 Å². The molecule has 4 nitrogen and oxygen atoms in total. The first kappa shape index (κ1) is 14.4. The molecule has 19 heavy (non-hydrogen) atoms. The Morgan fingerprint density at radius 3 is 3.00 bits per heavy atom. The first-order chi connectivity index (χ1) is 9.29. The van der Waals surface area contributed by atoms with Crippen molar-refractivity contribution in [2.75, 3.05) is 25.1 Å². The minimum atomic E-state index is 0.801. The molecule has 1 N–H and O–H groups in total. The molecule has 1 saturated carbocycles. The van der Waals surface area contributed by atoms with Crippen LogP contribution in [-0.4, -0.2) is 29.3 Å². The molecule has 0 bridgehead atoms. The number of nitrogens with one attached hydrogen (secondary N) is 1. The van der Waals surface area contributed by atoms with Gasteiger partial charge in [-0.2, -0.15) is 0 Å². The lowest BCUT2D eigenvalue weighted by Crippen LogP contribution is -2.10. The number of aromatic nitrogens is 2. The molecule has 108 valence electrons. The molecular formula is C15H27N3O. The number of rotatable bonds is 10. The van der Waals surface area contributed by atoms with Crippen LogP contribution in [0.4, 0.5) is 5.95 Å². The Balaban J connectivity index is 1.70. The van der Waals surface area contributed by atoms with E-state index in [4.69, 9.17) is 4.74 Å². The minimum absolute atomic E-state index is 0.801. The molecule has 1 fully saturated rings. The van der Waals surface area contributed by atoms with Crippen molar-refractivity contribution in [3.63, 3.8) is 0 Å². The van der Waals surface area contributed by atoms with E-state index in [0.29, 0.717) is 0 Å². The van der Waals surface area contributed by atoms with Gasteiger partial charge in [-0.05, 0) is 39.0 Å². The fourth-order valence-electron chi connectivity index (χ4n) is 2.34. The molecule has 0 spiro atoms. The van der Waals surface area contributed by atoms with Gasteiger partial charge in [0.05, 0.1) is 5.69 Å². The Labute approximate surface area is 116 Å². The number of aryl methyl sites for hydroxylation is 2. The quantitative estimate of drug-likeness (QED) is 0.660. The van der Waals surface area contributed by atoms with Crippen molar-refractivity contribution in [1.29, 1.82) is 0 Å². The van der Waals surface area contributed by atoms with E-state index >= 15 is 0 Å². The topological polar surface area (TPSA) is 39.1 Å². The Kier molecular flexibility index (Phi) is 5.70. The van der Waals surface area contributed by atoms with Crippen molar-refractivity contribution in [2.24, 2.45) is 5.92 Å². The van der Waals surface area contributed by atoms with E-state index in [-0.39, 0.29) is 0 Å². The molecule has 0 amide bonds. The lowest BCUT2D eigenvalue weighted by atomic mass is 10.2. The summed E-state index contributed by atoms with van der Waals surface area (Å²) in [7, 11) is 0. The Morgan fingerprint density at radius 2 is 2.26 bits per heavy atom. The molecule has 0 unspecified atom stereocenters. The van der Waals surface area contributed by atoms with Crippen LogP contribution in [0.5, 0.6) is 0 Å². The van der Waals surface area contributed by atoms with Crippen LogP contribution < -0.4 is 5.32 Å². The molecule has 0 saturated heterocycles. The molecular weight excluding hydrogens is 238 g/mol. The Morgan fingerprint density at radius 1 is 1.42 bits per heavy atom. The van der Waals surface area contributed by atoms with Crippen molar-refractivity contribution in [3.05, 3.63) is 11.9 Å². The molecule has 1 aliphatic carbocycles. The lowest BCUT2D eigenvalue weighted by molar-refractivity contribution is 0.142. The first-order valence-corrected chi connectivity index (χ1v) is 7.65. The largest absolute Gasteiger partial charge is 0.382 e. The summed E-state index contributed by atoms with van der Waals surface area (Å²) in [6.45, 7) is 7.73. The predicted octanol–water partition coefficient (Wildman–Crippen LogP) is 3.22. The number of anilines is 1. The fraction of sp³-hybridized carbons (Fsp3) is 0.800. The van der Waals surface area contributed by atoms with Gasteiger partial charge in [0, 0.05) is 32.5 Å². The summed E-state index contributed by atoms with van der Waals surface area (Å²) in [6.07, 6.45) is 8.69. The smallest absolute Gasteiger partial charge is 0.203 e. The highest BCUT2D eigenvalue weighted by Gasteiger charge is 2.20. The first-order valence-electron chi connectivity index (χ1n) is 7.65. The number of hydrogen-bond acceptors (Lipinski definition) is 3. The van der Waals surface area contributed by atoms with Crippen LogP contribution in [-0.2, 0) is 11.3 Å². The highest BCUT2D eigenvalue weighted by atomic mass is 16.5. The summed E-state index contributed by atoms with van der Waals surface area (Å²) in [5, 5.41) is 3.47. The fourth-order valence-corrected chi connectivity index (χ4v) is 2.34. The van der Waals surface area contributed by atoms with Crippen LogP contribution in [0.3, 0.4) is 0 Å². The summed E-state index contributed by atoms with van der Waals surface area (Å²) >= 11 is 0. The summed E-state index contributed by atoms with van der Waals surface area (Å²) in [4.78, 5) is 4.55. The highest BCUT2D eigenvalue weighted by Crippen LogP contribution is 2.33. The van der Waals surface area contributed by atoms with E-state index in [2.05, 4.69) is 28.0 Å². The van der Waals surface area contributed by atoms with Gasteiger partial charge >= 0.3 is 0 Å². The molecule has 0 radical (unpaired) electrons. The van der Waals surface area contributed by atoms with Crippen molar-refractivity contribution >= 4 is 5.95 Å². The van der Waals surface area contributed by atoms with E-state index in [1.165, 1.54) is 25.7 Å². The average Bonchev–Trinajstić information content (AvgIpc) is 3.15. The maximum Gasteiger partial charge on any atom is 0.203 e. The third kappa shape index (κ3) is 5.23. The Hall–Kier alpha value is -1.03. The average molecular weight is 265 g/mol. The molecule has 0 atom stereocenters. The highest BCUT2D eigenvalue weighted by molar-refractivity contribution is 5.28. The number of ether oxygens (including phenoxy) is 1. The monoisotopic (exact) mass is 265 g/mol. The maximum atomic E-state index is 5.38. The lowest BCUT2D eigenvalue weighted by Gasteiger charge is -2.09. The molecule has 1 heterocycles. The SMILES string of the molecule is CCOCCCn1cc(C)nc1NCCCC1CC1. The van der Waals surface area contributed by atoms with E-state index in [0.717, 1.165) is 50.3 Å². The van der Waals surface area contributed by atoms with Crippen LogP contribution in [0.15, 0.2) is 6.20 Å². The zero-order chi connectivity index (χ0) is 13.5. The van der Waals surface area contributed by atoms with Gasteiger partial charge in [-0.25, -0.2) is 4.98 Å². The molecule has 1 aromatic rings. The van der Waals surface area contributed by atoms with E-state index in [1.54, 1.807) is 0 Å². The van der Waals surface area contributed by atoms with E-state index < -0.39 is 0 Å². The predicted molar refractivity (Wildman–Crippen MR) is 78.5 cm³/mol. The summed E-state index contributed by atoms with van der Waals surface area (Å²) in [5.41, 5.74) is 1.08. The van der Waals surface area contributed by atoms with Gasteiger partial charge in [0.2, 0.25) is 5.95 Å². The van der Waals surface area contributed by atoms with Gasteiger partial charge in [-0.15, -0.1) is 0 Å². The van der Waals surface area contributed by atoms with Crippen molar-refractivity contribution in [2.45, 2.75) is 52.5 Å². The third-order valence-corrected chi connectivity index (χ3v) is 3.56. The van der Waals surface area contributed by atoms with Gasteiger partial charge in [0.25, 0.3) is 0 Å². The maximum absolute atomic E-state index is 5.38. The summed E-state index contributed by atoms with van der Waals surface area (Å²) in [5.74, 6) is 2.04. The number of hydrogen-bond donors (Lipinski definition) is 1. The van der Waals surface area contributed by atoms with E-state index in [1.807, 2.05) is 6.92 Å². The van der Waals surface area contributed by atoms with Gasteiger partial charge < -0.3 is 14.6 Å². The molecule has 0 aromatic carbocycles. The molecule has 2 rings (SSSR count). The number of imidazole rings is 1. The third-order valence-electron chi connectivity index (χ3n) is 3.56. The van der Waals surface area contributed by atoms with Gasteiger partial charge in [-0.3, -0.25) is 0 Å².